The van der Waals surface area contributed by atoms with Crippen LogP contribution in [0, 0.1) is 5.92 Å². The molecule has 1 aromatic carbocycles. The van der Waals surface area contributed by atoms with Gasteiger partial charge in [-0.25, -0.2) is 4.79 Å². The number of rotatable bonds is 5. The molecule has 6 heteroatoms. The Morgan fingerprint density at radius 1 is 1.23 bits per heavy atom. The Kier molecular flexibility index (Phi) is 4.87. The molecule has 3 rings (SSSR count). The lowest BCUT2D eigenvalue weighted by Gasteiger charge is -2.34. The third kappa shape index (κ3) is 3.74. The molecule has 1 aliphatic heterocycles. The Morgan fingerprint density at radius 2 is 2.05 bits per heavy atom. The van der Waals surface area contributed by atoms with E-state index < -0.39 is 0 Å². The van der Waals surface area contributed by atoms with Gasteiger partial charge in [0.2, 0.25) is 5.91 Å². The van der Waals surface area contributed by atoms with E-state index in [1.54, 1.807) is 0 Å². The quantitative estimate of drug-likeness (QED) is 0.775. The molecule has 0 spiro atoms. The molecule has 3 amide bonds. The van der Waals surface area contributed by atoms with Gasteiger partial charge in [0.05, 0.1) is 11.1 Å². The van der Waals surface area contributed by atoms with Gasteiger partial charge in [0.15, 0.2) is 0 Å². The highest BCUT2D eigenvalue weighted by Crippen LogP contribution is 2.35. The molecule has 118 valence electrons. The molecule has 1 saturated heterocycles. The van der Waals surface area contributed by atoms with Gasteiger partial charge < -0.3 is 16.0 Å². The predicted octanol–water partition coefficient (Wildman–Crippen LogP) is 1.84. The van der Waals surface area contributed by atoms with E-state index in [2.05, 4.69) is 16.0 Å². The SMILES string of the molecule is O=C(CSC1NC(=O)NC2CCCC21)NCc1ccccc1. The minimum Gasteiger partial charge on any atom is -0.351 e. The summed E-state index contributed by atoms with van der Waals surface area (Å²) in [4.78, 5) is 23.6. The molecule has 3 unspecified atom stereocenters. The van der Waals surface area contributed by atoms with Crippen molar-refractivity contribution < 1.29 is 9.59 Å². The summed E-state index contributed by atoms with van der Waals surface area (Å²) < 4.78 is 0. The van der Waals surface area contributed by atoms with Gasteiger partial charge in [0.1, 0.15) is 0 Å². The van der Waals surface area contributed by atoms with E-state index in [0.717, 1.165) is 24.8 Å². The van der Waals surface area contributed by atoms with Gasteiger partial charge in [0, 0.05) is 18.5 Å². The molecule has 2 aliphatic rings. The van der Waals surface area contributed by atoms with Gasteiger partial charge in [-0.2, -0.15) is 0 Å². The number of hydrogen-bond acceptors (Lipinski definition) is 3. The molecule has 1 aromatic rings. The molecule has 0 bridgehead atoms. The lowest BCUT2D eigenvalue weighted by Crippen LogP contribution is -2.57. The van der Waals surface area contributed by atoms with Crippen LogP contribution in [0.1, 0.15) is 24.8 Å². The Morgan fingerprint density at radius 3 is 2.86 bits per heavy atom. The number of amides is 3. The van der Waals surface area contributed by atoms with Crippen molar-refractivity contribution in [2.75, 3.05) is 5.75 Å². The fourth-order valence-electron chi connectivity index (χ4n) is 3.15. The van der Waals surface area contributed by atoms with Gasteiger partial charge in [-0.15, -0.1) is 11.8 Å². The summed E-state index contributed by atoms with van der Waals surface area (Å²) >= 11 is 1.54. The number of urea groups is 1. The fraction of sp³-hybridized carbons (Fsp3) is 0.500. The zero-order valence-corrected chi connectivity index (χ0v) is 13.2. The van der Waals surface area contributed by atoms with E-state index in [0.29, 0.717) is 18.2 Å². The summed E-state index contributed by atoms with van der Waals surface area (Å²) in [6, 6.07) is 10.0. The molecule has 3 N–H and O–H groups in total. The maximum Gasteiger partial charge on any atom is 0.315 e. The van der Waals surface area contributed by atoms with E-state index in [1.807, 2.05) is 30.3 Å². The second kappa shape index (κ2) is 7.05. The normalized spacial score (nSPS) is 26.7. The van der Waals surface area contributed by atoms with E-state index in [9.17, 15) is 9.59 Å². The van der Waals surface area contributed by atoms with Crippen molar-refractivity contribution in [2.45, 2.75) is 37.2 Å². The van der Waals surface area contributed by atoms with Crippen molar-refractivity contribution in [1.82, 2.24) is 16.0 Å². The van der Waals surface area contributed by atoms with Gasteiger partial charge >= 0.3 is 6.03 Å². The summed E-state index contributed by atoms with van der Waals surface area (Å²) in [7, 11) is 0. The maximum atomic E-state index is 12.0. The first-order chi connectivity index (χ1) is 10.7. The summed E-state index contributed by atoms with van der Waals surface area (Å²) in [6.45, 7) is 0.546. The predicted molar refractivity (Wildman–Crippen MR) is 87.3 cm³/mol. The van der Waals surface area contributed by atoms with Crippen LogP contribution < -0.4 is 16.0 Å². The number of carbonyl (C=O) groups excluding carboxylic acids is 2. The summed E-state index contributed by atoms with van der Waals surface area (Å²) in [5.74, 6) is 0.821. The first kappa shape index (κ1) is 15.2. The highest BCUT2D eigenvalue weighted by atomic mass is 32.2. The van der Waals surface area contributed by atoms with Crippen LogP contribution in [0.3, 0.4) is 0 Å². The highest BCUT2D eigenvalue weighted by molar-refractivity contribution is 8.00. The lowest BCUT2D eigenvalue weighted by molar-refractivity contribution is -0.118. The van der Waals surface area contributed by atoms with E-state index in [-0.39, 0.29) is 23.4 Å². The fourth-order valence-corrected chi connectivity index (χ4v) is 4.35. The average molecular weight is 319 g/mol. The van der Waals surface area contributed by atoms with Crippen molar-refractivity contribution in [1.29, 1.82) is 0 Å². The second-order valence-electron chi connectivity index (χ2n) is 5.81. The Labute approximate surface area is 134 Å². The number of fused-ring (bicyclic) bond motifs is 1. The van der Waals surface area contributed by atoms with Crippen LogP contribution in [-0.4, -0.2) is 29.1 Å². The molecule has 1 aliphatic carbocycles. The number of hydrogen-bond donors (Lipinski definition) is 3. The molecule has 0 aromatic heterocycles. The molecule has 1 heterocycles. The Balaban J connectivity index is 1.45. The Bertz CT molecular complexity index is 537. The van der Waals surface area contributed by atoms with E-state index in [4.69, 9.17) is 0 Å². The average Bonchev–Trinajstić information content (AvgIpc) is 3.00. The maximum absolute atomic E-state index is 12.0. The van der Waals surface area contributed by atoms with Crippen LogP contribution in [0.25, 0.3) is 0 Å². The van der Waals surface area contributed by atoms with Crippen molar-refractivity contribution in [3.05, 3.63) is 35.9 Å². The van der Waals surface area contributed by atoms with Crippen LogP contribution in [0.5, 0.6) is 0 Å². The topological polar surface area (TPSA) is 70.2 Å². The van der Waals surface area contributed by atoms with Crippen LogP contribution in [0.2, 0.25) is 0 Å². The van der Waals surface area contributed by atoms with Crippen LogP contribution >= 0.6 is 11.8 Å². The van der Waals surface area contributed by atoms with E-state index >= 15 is 0 Å². The van der Waals surface area contributed by atoms with Crippen molar-refractivity contribution in [2.24, 2.45) is 5.92 Å². The largest absolute Gasteiger partial charge is 0.351 e. The van der Waals surface area contributed by atoms with Gasteiger partial charge in [0.25, 0.3) is 0 Å². The standard InChI is InChI=1S/C16H21N3O2S/c20-14(17-9-11-5-2-1-3-6-11)10-22-15-12-7-4-8-13(12)18-16(21)19-15/h1-3,5-6,12-13,15H,4,7-10H2,(H,17,20)(H2,18,19,21). The third-order valence-corrected chi connectivity index (χ3v) is 5.53. The van der Waals surface area contributed by atoms with Gasteiger partial charge in [-0.1, -0.05) is 36.8 Å². The summed E-state index contributed by atoms with van der Waals surface area (Å²) in [6.07, 6.45) is 3.31. The van der Waals surface area contributed by atoms with Crippen LogP contribution in [0.15, 0.2) is 30.3 Å². The molecule has 22 heavy (non-hydrogen) atoms. The van der Waals surface area contributed by atoms with Crippen LogP contribution in [-0.2, 0) is 11.3 Å². The second-order valence-corrected chi connectivity index (χ2v) is 6.94. The highest BCUT2D eigenvalue weighted by Gasteiger charge is 2.39. The zero-order valence-electron chi connectivity index (χ0n) is 12.4. The van der Waals surface area contributed by atoms with Gasteiger partial charge in [-0.05, 0) is 18.4 Å². The number of thioether (sulfide) groups is 1. The minimum absolute atomic E-state index is 0.0104. The molecule has 3 atom stereocenters. The third-order valence-electron chi connectivity index (χ3n) is 4.27. The molecule has 0 radical (unpaired) electrons. The zero-order chi connectivity index (χ0) is 15.4. The molecule has 5 nitrogen and oxygen atoms in total. The molecule has 1 saturated carbocycles. The molecular weight excluding hydrogens is 298 g/mol. The van der Waals surface area contributed by atoms with Crippen molar-refractivity contribution >= 4 is 23.7 Å². The monoisotopic (exact) mass is 319 g/mol. The van der Waals surface area contributed by atoms with Crippen molar-refractivity contribution in [3.63, 3.8) is 0 Å². The van der Waals surface area contributed by atoms with Gasteiger partial charge in [-0.3, -0.25) is 4.79 Å². The van der Waals surface area contributed by atoms with Crippen LogP contribution in [0.4, 0.5) is 4.79 Å². The lowest BCUT2D eigenvalue weighted by atomic mass is 10.0. The number of carbonyl (C=O) groups is 2. The summed E-state index contributed by atoms with van der Waals surface area (Å²) in [5, 5.41) is 8.89. The smallest absolute Gasteiger partial charge is 0.315 e. The number of benzene rings is 1. The molecule has 2 fully saturated rings. The first-order valence-corrected chi connectivity index (χ1v) is 8.76. The minimum atomic E-state index is -0.106. The van der Waals surface area contributed by atoms with Crippen molar-refractivity contribution in [3.8, 4) is 0 Å². The first-order valence-electron chi connectivity index (χ1n) is 7.71. The summed E-state index contributed by atoms with van der Waals surface area (Å²) in [5.41, 5.74) is 1.09. The number of nitrogens with one attached hydrogen (secondary N) is 3. The van der Waals surface area contributed by atoms with E-state index in [1.165, 1.54) is 11.8 Å². The molecular formula is C16H21N3O2S. The Hall–Kier alpha value is -1.69.